The lowest BCUT2D eigenvalue weighted by molar-refractivity contribution is -0.118. The number of rotatable bonds is 7. The summed E-state index contributed by atoms with van der Waals surface area (Å²) >= 11 is 1.70. The van der Waals surface area contributed by atoms with E-state index in [2.05, 4.69) is 27.6 Å². The predicted octanol–water partition coefficient (Wildman–Crippen LogP) is 1.05. The van der Waals surface area contributed by atoms with E-state index in [0.717, 1.165) is 38.3 Å². The molecule has 0 aromatic carbocycles. The third-order valence-electron chi connectivity index (χ3n) is 4.18. The lowest BCUT2D eigenvalue weighted by Gasteiger charge is -2.21. The van der Waals surface area contributed by atoms with Gasteiger partial charge in [0.2, 0.25) is 5.91 Å². The molecule has 8 heteroatoms. The minimum atomic E-state index is -0.0790. The third kappa shape index (κ3) is 5.76. The molecule has 2 heterocycles. The van der Waals surface area contributed by atoms with Gasteiger partial charge in [0.15, 0.2) is 0 Å². The zero-order valence-corrected chi connectivity index (χ0v) is 15.5. The SMILES string of the molecule is CC(=O)NCCNC(=O)N1CCC(CN(C)Cc2scnc2C)C1. The van der Waals surface area contributed by atoms with Crippen molar-refractivity contribution in [3.63, 3.8) is 0 Å². The second-order valence-electron chi connectivity index (χ2n) is 6.37. The third-order valence-corrected chi connectivity index (χ3v) is 5.10. The van der Waals surface area contributed by atoms with Crippen LogP contribution in [-0.4, -0.2) is 66.5 Å². The molecule has 1 atom stereocenters. The predicted molar refractivity (Wildman–Crippen MR) is 94.9 cm³/mol. The van der Waals surface area contributed by atoms with Gasteiger partial charge in [-0.15, -0.1) is 11.3 Å². The number of aromatic nitrogens is 1. The van der Waals surface area contributed by atoms with Crippen LogP contribution in [0.15, 0.2) is 5.51 Å². The van der Waals surface area contributed by atoms with Gasteiger partial charge in [-0.3, -0.25) is 4.79 Å². The first kappa shape index (κ1) is 18.7. The standard InChI is InChI=1S/C16H27N5O2S/c1-12-15(24-11-19-12)10-20(3)8-14-4-7-21(9-14)16(23)18-6-5-17-13(2)22/h11,14H,4-10H2,1-3H3,(H,17,22)(H,18,23). The summed E-state index contributed by atoms with van der Waals surface area (Å²) in [5, 5.41) is 5.52. The normalized spacial score (nSPS) is 17.3. The summed E-state index contributed by atoms with van der Waals surface area (Å²) in [6, 6.07) is -0.0381. The molecule has 0 radical (unpaired) electrons. The molecule has 0 saturated carbocycles. The summed E-state index contributed by atoms with van der Waals surface area (Å²) in [5.74, 6) is 0.425. The number of thiazole rings is 1. The molecule has 134 valence electrons. The number of nitrogens with zero attached hydrogens (tertiary/aromatic N) is 3. The van der Waals surface area contributed by atoms with Gasteiger partial charge >= 0.3 is 6.03 Å². The Hall–Kier alpha value is -1.67. The van der Waals surface area contributed by atoms with Crippen LogP contribution in [0.5, 0.6) is 0 Å². The molecule has 0 aliphatic carbocycles. The molecule has 3 amide bonds. The number of aryl methyl sites for hydroxylation is 1. The largest absolute Gasteiger partial charge is 0.355 e. The van der Waals surface area contributed by atoms with Crippen molar-refractivity contribution in [2.45, 2.75) is 26.8 Å². The van der Waals surface area contributed by atoms with Crippen LogP contribution in [0.4, 0.5) is 4.79 Å². The van der Waals surface area contributed by atoms with E-state index >= 15 is 0 Å². The van der Waals surface area contributed by atoms with Crippen molar-refractivity contribution in [2.75, 3.05) is 39.8 Å². The Balaban J connectivity index is 1.67. The molecule has 1 aromatic rings. The van der Waals surface area contributed by atoms with E-state index in [4.69, 9.17) is 0 Å². The average Bonchev–Trinajstić information content (AvgIpc) is 3.13. The van der Waals surface area contributed by atoms with E-state index in [1.807, 2.05) is 17.3 Å². The number of nitrogens with one attached hydrogen (secondary N) is 2. The molecular formula is C16H27N5O2S. The van der Waals surface area contributed by atoms with Gasteiger partial charge in [0, 0.05) is 51.1 Å². The van der Waals surface area contributed by atoms with Crippen LogP contribution in [0.25, 0.3) is 0 Å². The van der Waals surface area contributed by atoms with Crippen molar-refractivity contribution in [2.24, 2.45) is 5.92 Å². The monoisotopic (exact) mass is 353 g/mol. The Morgan fingerprint density at radius 2 is 2.17 bits per heavy atom. The van der Waals surface area contributed by atoms with Gasteiger partial charge in [-0.05, 0) is 26.3 Å². The molecule has 0 bridgehead atoms. The average molecular weight is 353 g/mol. The van der Waals surface area contributed by atoms with E-state index in [-0.39, 0.29) is 11.9 Å². The summed E-state index contributed by atoms with van der Waals surface area (Å²) in [6.45, 7) is 7.92. The molecule has 2 N–H and O–H groups in total. The van der Waals surface area contributed by atoms with Crippen molar-refractivity contribution in [3.8, 4) is 0 Å². The van der Waals surface area contributed by atoms with Crippen LogP contribution in [-0.2, 0) is 11.3 Å². The number of carbonyl (C=O) groups is 2. The number of carbonyl (C=O) groups excluding carboxylic acids is 2. The van der Waals surface area contributed by atoms with E-state index < -0.39 is 0 Å². The fraction of sp³-hybridized carbons (Fsp3) is 0.688. The summed E-state index contributed by atoms with van der Waals surface area (Å²) in [5.41, 5.74) is 3.00. The number of urea groups is 1. The van der Waals surface area contributed by atoms with Crippen LogP contribution < -0.4 is 10.6 Å². The van der Waals surface area contributed by atoms with E-state index in [0.29, 0.717) is 19.0 Å². The number of amides is 3. The minimum absolute atomic E-state index is 0.0381. The quantitative estimate of drug-likeness (QED) is 0.719. The van der Waals surface area contributed by atoms with Gasteiger partial charge in [0.05, 0.1) is 11.2 Å². The first-order valence-corrected chi connectivity index (χ1v) is 9.18. The molecule has 1 aliphatic rings. The van der Waals surface area contributed by atoms with Crippen molar-refractivity contribution in [1.29, 1.82) is 0 Å². The number of hydrogen-bond acceptors (Lipinski definition) is 5. The summed E-state index contributed by atoms with van der Waals surface area (Å²) < 4.78 is 0. The van der Waals surface area contributed by atoms with Crippen molar-refractivity contribution in [1.82, 2.24) is 25.4 Å². The topological polar surface area (TPSA) is 77.6 Å². The fourth-order valence-corrected chi connectivity index (χ4v) is 3.77. The van der Waals surface area contributed by atoms with Crippen molar-refractivity contribution < 1.29 is 9.59 Å². The molecular weight excluding hydrogens is 326 g/mol. The van der Waals surface area contributed by atoms with Gasteiger partial charge in [-0.1, -0.05) is 0 Å². The van der Waals surface area contributed by atoms with Gasteiger partial charge in [-0.2, -0.15) is 0 Å². The highest BCUT2D eigenvalue weighted by molar-refractivity contribution is 7.09. The molecule has 1 aromatic heterocycles. The Bertz CT molecular complexity index is 562. The van der Waals surface area contributed by atoms with Crippen molar-refractivity contribution in [3.05, 3.63) is 16.1 Å². The molecule has 1 unspecified atom stereocenters. The zero-order valence-electron chi connectivity index (χ0n) is 14.7. The lowest BCUT2D eigenvalue weighted by atomic mass is 10.1. The van der Waals surface area contributed by atoms with Crippen LogP contribution in [0.2, 0.25) is 0 Å². The second-order valence-corrected chi connectivity index (χ2v) is 7.31. The zero-order chi connectivity index (χ0) is 17.5. The summed E-state index contributed by atoms with van der Waals surface area (Å²) in [6.07, 6.45) is 1.03. The van der Waals surface area contributed by atoms with Crippen molar-refractivity contribution >= 4 is 23.3 Å². The van der Waals surface area contributed by atoms with Gasteiger partial charge in [0.1, 0.15) is 0 Å². The van der Waals surface area contributed by atoms with E-state index in [9.17, 15) is 9.59 Å². The van der Waals surface area contributed by atoms with Crippen LogP contribution in [0, 0.1) is 12.8 Å². The number of hydrogen-bond donors (Lipinski definition) is 2. The maximum atomic E-state index is 12.1. The first-order valence-electron chi connectivity index (χ1n) is 8.30. The highest BCUT2D eigenvalue weighted by atomic mass is 32.1. The lowest BCUT2D eigenvalue weighted by Crippen LogP contribution is -2.42. The minimum Gasteiger partial charge on any atom is -0.355 e. The first-order chi connectivity index (χ1) is 11.5. The summed E-state index contributed by atoms with van der Waals surface area (Å²) in [4.78, 5) is 32.7. The molecule has 1 aliphatic heterocycles. The molecule has 1 saturated heterocycles. The van der Waals surface area contributed by atoms with E-state index in [1.54, 1.807) is 11.3 Å². The van der Waals surface area contributed by atoms with Crippen LogP contribution in [0.3, 0.4) is 0 Å². The molecule has 7 nitrogen and oxygen atoms in total. The molecule has 2 rings (SSSR count). The number of likely N-dealkylation sites (tertiary alicyclic amines) is 1. The Morgan fingerprint density at radius 1 is 1.42 bits per heavy atom. The van der Waals surface area contributed by atoms with Gasteiger partial charge < -0.3 is 20.4 Å². The van der Waals surface area contributed by atoms with Crippen LogP contribution in [0.1, 0.15) is 23.9 Å². The Kier molecular flexibility index (Phi) is 6.99. The maximum Gasteiger partial charge on any atom is 0.317 e. The maximum absolute atomic E-state index is 12.1. The van der Waals surface area contributed by atoms with Gasteiger partial charge in [0.25, 0.3) is 0 Å². The second kappa shape index (κ2) is 8.98. The highest BCUT2D eigenvalue weighted by Crippen LogP contribution is 2.19. The molecule has 24 heavy (non-hydrogen) atoms. The van der Waals surface area contributed by atoms with Crippen LogP contribution >= 0.6 is 11.3 Å². The molecule has 1 fully saturated rings. The smallest absolute Gasteiger partial charge is 0.317 e. The molecule has 0 spiro atoms. The van der Waals surface area contributed by atoms with Gasteiger partial charge in [-0.25, -0.2) is 9.78 Å². The Labute approximate surface area is 147 Å². The summed E-state index contributed by atoms with van der Waals surface area (Å²) in [7, 11) is 2.12. The fourth-order valence-electron chi connectivity index (χ4n) is 2.91. The van der Waals surface area contributed by atoms with E-state index in [1.165, 1.54) is 11.8 Å². The Morgan fingerprint density at radius 3 is 2.83 bits per heavy atom. The highest BCUT2D eigenvalue weighted by Gasteiger charge is 2.26.